The van der Waals surface area contributed by atoms with Crippen molar-refractivity contribution in [3.63, 3.8) is 0 Å². The SMILES string of the molecule is CC1(C)CCCN(CCCC(F)(F)F)C1C(=O)O. The summed E-state index contributed by atoms with van der Waals surface area (Å²) in [5.41, 5.74) is -0.387. The maximum atomic E-state index is 12.1. The Balaban J connectivity index is 2.59. The number of rotatable bonds is 4. The minimum Gasteiger partial charge on any atom is -0.480 e. The van der Waals surface area contributed by atoms with Crippen molar-refractivity contribution in [1.29, 1.82) is 0 Å². The van der Waals surface area contributed by atoms with Gasteiger partial charge in [0.1, 0.15) is 6.04 Å². The van der Waals surface area contributed by atoms with Crippen molar-refractivity contribution in [3.8, 4) is 0 Å². The van der Waals surface area contributed by atoms with Crippen LogP contribution in [0.25, 0.3) is 0 Å². The van der Waals surface area contributed by atoms with Crippen molar-refractivity contribution in [2.24, 2.45) is 5.41 Å². The zero-order valence-corrected chi connectivity index (χ0v) is 10.8. The molecule has 0 aromatic heterocycles. The normalized spacial score (nSPS) is 25.1. The lowest BCUT2D eigenvalue weighted by Gasteiger charge is -2.44. The summed E-state index contributed by atoms with van der Waals surface area (Å²) >= 11 is 0. The Morgan fingerprint density at radius 2 is 2.06 bits per heavy atom. The van der Waals surface area contributed by atoms with Gasteiger partial charge in [-0.2, -0.15) is 13.2 Å². The molecule has 0 saturated carbocycles. The zero-order valence-electron chi connectivity index (χ0n) is 10.8. The van der Waals surface area contributed by atoms with Crippen molar-refractivity contribution in [1.82, 2.24) is 4.90 Å². The first-order valence-electron chi connectivity index (χ1n) is 6.17. The predicted octanol–water partition coefficient (Wildman–Crippen LogP) is 2.90. The summed E-state index contributed by atoms with van der Waals surface area (Å²) in [6.45, 7) is 4.49. The molecule has 3 nitrogen and oxygen atoms in total. The van der Waals surface area contributed by atoms with E-state index in [2.05, 4.69) is 0 Å². The molecule has 1 atom stereocenters. The molecular weight excluding hydrogens is 247 g/mol. The number of hydrogen-bond donors (Lipinski definition) is 1. The maximum Gasteiger partial charge on any atom is 0.389 e. The van der Waals surface area contributed by atoms with Gasteiger partial charge in [0.25, 0.3) is 0 Å². The van der Waals surface area contributed by atoms with Crippen LogP contribution < -0.4 is 0 Å². The molecule has 1 unspecified atom stereocenters. The molecule has 18 heavy (non-hydrogen) atoms. The molecule has 0 aromatic rings. The van der Waals surface area contributed by atoms with Crippen LogP contribution in [0, 0.1) is 5.41 Å². The van der Waals surface area contributed by atoms with Crippen LogP contribution in [-0.4, -0.2) is 41.3 Å². The average molecular weight is 267 g/mol. The predicted molar refractivity (Wildman–Crippen MR) is 61.3 cm³/mol. The van der Waals surface area contributed by atoms with Gasteiger partial charge in [-0.1, -0.05) is 13.8 Å². The van der Waals surface area contributed by atoms with Gasteiger partial charge in [-0.05, 0) is 37.8 Å². The Bertz CT molecular complexity index is 302. The number of aliphatic carboxylic acids is 1. The van der Waals surface area contributed by atoms with Gasteiger partial charge in [-0.3, -0.25) is 9.69 Å². The fourth-order valence-electron chi connectivity index (χ4n) is 2.71. The lowest BCUT2D eigenvalue weighted by Crippen LogP contribution is -2.54. The van der Waals surface area contributed by atoms with E-state index < -0.39 is 24.6 Å². The first-order valence-corrected chi connectivity index (χ1v) is 6.17. The highest BCUT2D eigenvalue weighted by Crippen LogP contribution is 2.35. The molecule has 6 heteroatoms. The van der Waals surface area contributed by atoms with E-state index in [1.165, 1.54) is 0 Å². The van der Waals surface area contributed by atoms with Crippen LogP contribution in [-0.2, 0) is 4.79 Å². The van der Waals surface area contributed by atoms with Crippen LogP contribution in [0.2, 0.25) is 0 Å². The fourth-order valence-corrected chi connectivity index (χ4v) is 2.71. The second-order valence-electron chi connectivity index (χ2n) is 5.59. The molecule has 0 aliphatic carbocycles. The van der Waals surface area contributed by atoms with E-state index in [9.17, 15) is 23.1 Å². The zero-order chi connectivity index (χ0) is 14.0. The second-order valence-corrected chi connectivity index (χ2v) is 5.59. The van der Waals surface area contributed by atoms with Gasteiger partial charge in [-0.25, -0.2) is 0 Å². The molecule has 0 radical (unpaired) electrons. The minimum atomic E-state index is -4.16. The van der Waals surface area contributed by atoms with Gasteiger partial charge in [-0.15, -0.1) is 0 Å². The number of hydrogen-bond acceptors (Lipinski definition) is 2. The summed E-state index contributed by atoms with van der Waals surface area (Å²) in [7, 11) is 0. The first-order chi connectivity index (χ1) is 8.13. The van der Waals surface area contributed by atoms with Crippen molar-refractivity contribution in [2.75, 3.05) is 13.1 Å². The number of halogens is 3. The highest BCUT2D eigenvalue weighted by atomic mass is 19.4. The summed E-state index contributed by atoms with van der Waals surface area (Å²) in [5, 5.41) is 9.24. The smallest absolute Gasteiger partial charge is 0.389 e. The molecule has 106 valence electrons. The monoisotopic (exact) mass is 267 g/mol. The third-order valence-corrected chi connectivity index (χ3v) is 3.51. The quantitative estimate of drug-likeness (QED) is 0.851. The molecule has 0 amide bonds. The first kappa shape index (κ1) is 15.3. The molecule has 1 fully saturated rings. The second kappa shape index (κ2) is 5.47. The lowest BCUT2D eigenvalue weighted by atomic mass is 9.76. The van der Waals surface area contributed by atoms with Gasteiger partial charge in [0.2, 0.25) is 0 Å². The minimum absolute atomic E-state index is 0.0383. The number of piperidine rings is 1. The largest absolute Gasteiger partial charge is 0.480 e. The topological polar surface area (TPSA) is 40.5 Å². The third-order valence-electron chi connectivity index (χ3n) is 3.51. The number of nitrogens with zero attached hydrogens (tertiary/aromatic N) is 1. The van der Waals surface area contributed by atoms with Crippen molar-refractivity contribution < 1.29 is 23.1 Å². The van der Waals surface area contributed by atoms with E-state index in [-0.39, 0.29) is 18.4 Å². The molecule has 1 aliphatic heterocycles. The van der Waals surface area contributed by atoms with Crippen molar-refractivity contribution in [2.45, 2.75) is 51.7 Å². The van der Waals surface area contributed by atoms with Gasteiger partial charge in [0, 0.05) is 6.42 Å². The van der Waals surface area contributed by atoms with Crippen LogP contribution in [0.1, 0.15) is 39.5 Å². The van der Waals surface area contributed by atoms with E-state index in [1.807, 2.05) is 13.8 Å². The number of likely N-dealkylation sites (tertiary alicyclic amines) is 1. The Kier molecular flexibility index (Phi) is 4.64. The van der Waals surface area contributed by atoms with E-state index in [0.29, 0.717) is 6.54 Å². The Morgan fingerprint density at radius 1 is 1.44 bits per heavy atom. The Labute approximate surface area is 105 Å². The van der Waals surface area contributed by atoms with E-state index in [4.69, 9.17) is 0 Å². The molecule has 0 bridgehead atoms. The average Bonchev–Trinajstić information content (AvgIpc) is 2.13. The molecule has 0 spiro atoms. The molecular formula is C12H20F3NO2. The van der Waals surface area contributed by atoms with Crippen LogP contribution in [0.15, 0.2) is 0 Å². The number of carboxylic acids is 1. The fraction of sp³-hybridized carbons (Fsp3) is 0.917. The Morgan fingerprint density at radius 3 is 2.56 bits per heavy atom. The molecule has 1 aliphatic rings. The molecule has 1 rings (SSSR count). The standard InChI is InChI=1S/C12H20F3NO2/c1-11(2)5-3-7-16(9(11)10(17)18)8-4-6-12(13,14)15/h9H,3-8H2,1-2H3,(H,17,18). The molecule has 0 aromatic carbocycles. The third kappa shape index (κ3) is 4.15. The van der Waals surface area contributed by atoms with Crippen molar-refractivity contribution >= 4 is 5.97 Å². The van der Waals surface area contributed by atoms with Gasteiger partial charge in [0.15, 0.2) is 0 Å². The maximum absolute atomic E-state index is 12.1. The number of carbonyl (C=O) groups is 1. The molecule has 1 saturated heterocycles. The van der Waals surface area contributed by atoms with Crippen molar-refractivity contribution in [3.05, 3.63) is 0 Å². The van der Waals surface area contributed by atoms with Gasteiger partial charge >= 0.3 is 12.1 Å². The van der Waals surface area contributed by atoms with E-state index in [0.717, 1.165) is 12.8 Å². The number of alkyl halides is 3. The summed E-state index contributed by atoms with van der Waals surface area (Å²) in [6.07, 6.45) is -3.42. The van der Waals surface area contributed by atoms with Gasteiger partial charge < -0.3 is 5.11 Å². The molecule has 1 heterocycles. The van der Waals surface area contributed by atoms with Crippen LogP contribution >= 0.6 is 0 Å². The summed E-state index contributed by atoms with van der Waals surface area (Å²) in [6, 6.07) is -0.681. The highest BCUT2D eigenvalue weighted by molar-refractivity contribution is 5.74. The van der Waals surface area contributed by atoms with Crippen LogP contribution in [0.4, 0.5) is 13.2 Å². The summed E-state index contributed by atoms with van der Waals surface area (Å²) < 4.78 is 36.2. The summed E-state index contributed by atoms with van der Waals surface area (Å²) in [4.78, 5) is 13.0. The number of carboxylic acid groups (broad SMARTS) is 1. The van der Waals surface area contributed by atoms with E-state index in [1.54, 1.807) is 4.90 Å². The molecule has 1 N–H and O–H groups in total. The highest BCUT2D eigenvalue weighted by Gasteiger charge is 2.42. The summed E-state index contributed by atoms with van der Waals surface area (Å²) in [5.74, 6) is -0.938. The lowest BCUT2D eigenvalue weighted by molar-refractivity contribution is -0.151. The van der Waals surface area contributed by atoms with Crippen LogP contribution in [0.3, 0.4) is 0 Å². The van der Waals surface area contributed by atoms with E-state index >= 15 is 0 Å². The Hall–Kier alpha value is -0.780. The van der Waals surface area contributed by atoms with Gasteiger partial charge in [0.05, 0.1) is 0 Å². The van der Waals surface area contributed by atoms with Crippen LogP contribution in [0.5, 0.6) is 0 Å².